The molecule has 1 unspecified atom stereocenters. The predicted octanol–water partition coefficient (Wildman–Crippen LogP) is 3.00. The van der Waals surface area contributed by atoms with E-state index in [4.69, 9.17) is 17.3 Å². The van der Waals surface area contributed by atoms with E-state index >= 15 is 0 Å². The van der Waals surface area contributed by atoms with Crippen LogP contribution in [0.5, 0.6) is 0 Å². The van der Waals surface area contributed by atoms with Crippen molar-refractivity contribution in [1.82, 2.24) is 19.3 Å². The SMILES string of the molecule is CCCn1ncc(Cl)c1C(N)Cn1cnc2ccccc21. The van der Waals surface area contributed by atoms with Crippen LogP contribution >= 0.6 is 11.6 Å². The lowest BCUT2D eigenvalue weighted by Gasteiger charge is -2.16. The van der Waals surface area contributed by atoms with Crippen LogP contribution in [0.3, 0.4) is 0 Å². The van der Waals surface area contributed by atoms with Gasteiger partial charge in [-0.2, -0.15) is 5.10 Å². The molecule has 110 valence electrons. The monoisotopic (exact) mass is 303 g/mol. The van der Waals surface area contributed by atoms with Gasteiger partial charge in [0.2, 0.25) is 0 Å². The smallest absolute Gasteiger partial charge is 0.0958 e. The molecule has 1 atom stereocenters. The average Bonchev–Trinajstić information content (AvgIpc) is 3.04. The van der Waals surface area contributed by atoms with Crippen LogP contribution in [0.1, 0.15) is 25.1 Å². The van der Waals surface area contributed by atoms with Crippen molar-refractivity contribution in [3.8, 4) is 0 Å². The van der Waals surface area contributed by atoms with Gasteiger partial charge in [0.25, 0.3) is 0 Å². The average molecular weight is 304 g/mol. The zero-order valence-corrected chi connectivity index (χ0v) is 12.7. The van der Waals surface area contributed by atoms with Crippen molar-refractivity contribution in [2.45, 2.75) is 32.5 Å². The van der Waals surface area contributed by atoms with Gasteiger partial charge >= 0.3 is 0 Å². The van der Waals surface area contributed by atoms with Gasteiger partial charge in [-0.15, -0.1) is 0 Å². The second-order valence-electron chi connectivity index (χ2n) is 5.09. The fourth-order valence-corrected chi connectivity index (χ4v) is 2.87. The number of aromatic nitrogens is 4. The molecular weight excluding hydrogens is 286 g/mol. The second-order valence-corrected chi connectivity index (χ2v) is 5.50. The van der Waals surface area contributed by atoms with Crippen LogP contribution in [0.4, 0.5) is 0 Å². The van der Waals surface area contributed by atoms with Crippen LogP contribution in [-0.4, -0.2) is 19.3 Å². The van der Waals surface area contributed by atoms with Crippen LogP contribution in [0, 0.1) is 0 Å². The van der Waals surface area contributed by atoms with Crippen LogP contribution in [0.15, 0.2) is 36.8 Å². The Morgan fingerprint density at radius 1 is 1.33 bits per heavy atom. The van der Waals surface area contributed by atoms with Gasteiger partial charge in [-0.3, -0.25) is 4.68 Å². The Labute approximate surface area is 128 Å². The first-order valence-corrected chi connectivity index (χ1v) is 7.45. The Morgan fingerprint density at radius 2 is 2.14 bits per heavy atom. The summed E-state index contributed by atoms with van der Waals surface area (Å²) in [6, 6.07) is 7.79. The maximum absolute atomic E-state index is 6.36. The molecule has 0 spiro atoms. The predicted molar refractivity (Wildman–Crippen MR) is 84.2 cm³/mol. The number of nitrogens with two attached hydrogens (primary N) is 1. The van der Waals surface area contributed by atoms with Gasteiger partial charge in [0.05, 0.1) is 40.3 Å². The van der Waals surface area contributed by atoms with Gasteiger partial charge in [-0.25, -0.2) is 4.98 Å². The fourth-order valence-electron chi connectivity index (χ4n) is 2.58. The highest BCUT2D eigenvalue weighted by atomic mass is 35.5. The lowest BCUT2D eigenvalue weighted by atomic mass is 10.2. The number of hydrogen-bond acceptors (Lipinski definition) is 3. The second kappa shape index (κ2) is 5.87. The third-order valence-corrected chi connectivity index (χ3v) is 3.83. The summed E-state index contributed by atoms with van der Waals surface area (Å²) in [4.78, 5) is 4.39. The largest absolute Gasteiger partial charge is 0.329 e. The van der Waals surface area contributed by atoms with Gasteiger partial charge in [0.1, 0.15) is 0 Å². The zero-order chi connectivity index (χ0) is 14.8. The van der Waals surface area contributed by atoms with Crippen molar-refractivity contribution < 1.29 is 0 Å². The van der Waals surface area contributed by atoms with Crippen molar-refractivity contribution in [2.75, 3.05) is 0 Å². The lowest BCUT2D eigenvalue weighted by molar-refractivity contribution is 0.503. The molecule has 0 radical (unpaired) electrons. The molecule has 0 aliphatic rings. The van der Waals surface area contributed by atoms with Crippen molar-refractivity contribution in [3.63, 3.8) is 0 Å². The summed E-state index contributed by atoms with van der Waals surface area (Å²) >= 11 is 6.25. The van der Waals surface area contributed by atoms with E-state index < -0.39 is 0 Å². The maximum Gasteiger partial charge on any atom is 0.0958 e. The van der Waals surface area contributed by atoms with E-state index in [0.717, 1.165) is 29.7 Å². The Morgan fingerprint density at radius 3 is 2.95 bits per heavy atom. The molecule has 2 N–H and O–H groups in total. The summed E-state index contributed by atoms with van der Waals surface area (Å²) < 4.78 is 3.95. The molecule has 2 heterocycles. The van der Waals surface area contributed by atoms with Gasteiger partial charge in [-0.05, 0) is 18.6 Å². The summed E-state index contributed by atoms with van der Waals surface area (Å²) in [6.45, 7) is 3.55. The van der Waals surface area contributed by atoms with Crippen LogP contribution < -0.4 is 5.73 Å². The van der Waals surface area contributed by atoms with Gasteiger partial charge in [-0.1, -0.05) is 30.7 Å². The number of rotatable bonds is 5. The number of halogens is 1. The number of fused-ring (bicyclic) bond motifs is 1. The molecule has 0 saturated heterocycles. The molecule has 3 aromatic rings. The summed E-state index contributed by atoms with van der Waals surface area (Å²) in [5, 5.41) is 4.92. The van der Waals surface area contributed by atoms with Crippen molar-refractivity contribution in [3.05, 3.63) is 47.5 Å². The number of imidazole rings is 1. The van der Waals surface area contributed by atoms with E-state index in [-0.39, 0.29) is 6.04 Å². The first-order valence-electron chi connectivity index (χ1n) is 7.07. The number of para-hydroxylation sites is 2. The van der Waals surface area contributed by atoms with E-state index in [1.807, 2.05) is 35.3 Å². The molecule has 0 saturated carbocycles. The van der Waals surface area contributed by atoms with E-state index in [2.05, 4.69) is 21.6 Å². The third kappa shape index (κ3) is 2.66. The molecule has 21 heavy (non-hydrogen) atoms. The molecule has 0 fully saturated rings. The van der Waals surface area contributed by atoms with Crippen molar-refractivity contribution in [1.29, 1.82) is 0 Å². The molecule has 0 amide bonds. The molecule has 2 aromatic heterocycles. The third-order valence-electron chi connectivity index (χ3n) is 3.54. The Kier molecular flexibility index (Phi) is 3.94. The molecule has 3 rings (SSSR count). The molecule has 1 aromatic carbocycles. The van der Waals surface area contributed by atoms with Crippen LogP contribution in [-0.2, 0) is 13.1 Å². The van der Waals surface area contributed by atoms with Gasteiger partial charge in [0, 0.05) is 13.1 Å². The van der Waals surface area contributed by atoms with Crippen LogP contribution in [0.2, 0.25) is 5.02 Å². The minimum Gasteiger partial charge on any atom is -0.329 e. The van der Waals surface area contributed by atoms with E-state index in [1.165, 1.54) is 0 Å². The van der Waals surface area contributed by atoms with Crippen molar-refractivity contribution in [2.24, 2.45) is 5.73 Å². The van der Waals surface area contributed by atoms with E-state index in [0.29, 0.717) is 11.6 Å². The molecule has 6 heteroatoms. The highest BCUT2D eigenvalue weighted by molar-refractivity contribution is 6.31. The summed E-state index contributed by atoms with van der Waals surface area (Å²) in [6.07, 6.45) is 4.48. The molecule has 5 nitrogen and oxygen atoms in total. The van der Waals surface area contributed by atoms with Crippen molar-refractivity contribution >= 4 is 22.6 Å². The molecular formula is C15H18ClN5. The minimum absolute atomic E-state index is 0.218. The first kappa shape index (κ1) is 14.1. The topological polar surface area (TPSA) is 61.7 Å². The number of hydrogen-bond donors (Lipinski definition) is 1. The highest BCUT2D eigenvalue weighted by Crippen LogP contribution is 2.24. The lowest BCUT2D eigenvalue weighted by Crippen LogP contribution is -2.21. The van der Waals surface area contributed by atoms with Gasteiger partial charge < -0.3 is 10.3 Å². The van der Waals surface area contributed by atoms with Crippen LogP contribution in [0.25, 0.3) is 11.0 Å². The Bertz CT molecular complexity index is 745. The standard InChI is InChI=1S/C15H18ClN5/c1-2-7-21-15(11(16)8-19-21)12(17)9-20-10-18-13-5-3-4-6-14(13)20/h3-6,8,10,12H,2,7,9,17H2,1H3. The highest BCUT2D eigenvalue weighted by Gasteiger charge is 2.18. The van der Waals surface area contributed by atoms with Gasteiger partial charge in [0.15, 0.2) is 0 Å². The summed E-state index contributed by atoms with van der Waals surface area (Å²) in [5.41, 5.74) is 9.29. The number of benzene rings is 1. The normalized spacial score (nSPS) is 12.9. The fraction of sp³-hybridized carbons (Fsp3) is 0.333. The van der Waals surface area contributed by atoms with E-state index in [1.54, 1.807) is 6.20 Å². The molecule has 0 aliphatic carbocycles. The first-order chi connectivity index (χ1) is 10.2. The summed E-state index contributed by atoms with van der Waals surface area (Å²) in [5.74, 6) is 0. The Hall–Kier alpha value is -1.85. The van der Waals surface area contributed by atoms with E-state index in [9.17, 15) is 0 Å². The molecule has 0 bridgehead atoms. The maximum atomic E-state index is 6.36. The summed E-state index contributed by atoms with van der Waals surface area (Å²) in [7, 11) is 0. The minimum atomic E-state index is -0.218. The zero-order valence-electron chi connectivity index (χ0n) is 11.9. The quantitative estimate of drug-likeness (QED) is 0.788. The number of nitrogens with zero attached hydrogens (tertiary/aromatic N) is 4. The number of aryl methyl sites for hydroxylation is 1. The molecule has 0 aliphatic heterocycles. The Balaban J connectivity index is 1.89.